The predicted octanol–water partition coefficient (Wildman–Crippen LogP) is 4.26. The van der Waals surface area contributed by atoms with Gasteiger partial charge in [-0.2, -0.15) is 0 Å². The van der Waals surface area contributed by atoms with Crippen molar-refractivity contribution < 1.29 is 23.6 Å². The second-order valence-corrected chi connectivity index (χ2v) is 10.1. The number of nitrogens with one attached hydrogen (secondary N) is 3. The van der Waals surface area contributed by atoms with Crippen molar-refractivity contribution in [3.8, 4) is 0 Å². The van der Waals surface area contributed by atoms with E-state index in [2.05, 4.69) is 16.0 Å². The Labute approximate surface area is 217 Å². The molecule has 1 heterocycles. The van der Waals surface area contributed by atoms with Crippen molar-refractivity contribution in [2.24, 2.45) is 7.05 Å². The Morgan fingerprint density at radius 2 is 1.73 bits per heavy atom. The first kappa shape index (κ1) is 28.1. The maximum absolute atomic E-state index is 13.6. The highest BCUT2D eigenvalue weighted by Gasteiger charge is 2.43. The van der Waals surface area contributed by atoms with E-state index in [1.54, 1.807) is 27.8 Å². The van der Waals surface area contributed by atoms with Gasteiger partial charge in [-0.1, -0.05) is 26.2 Å². The van der Waals surface area contributed by atoms with Gasteiger partial charge in [0.2, 0.25) is 5.91 Å². The first-order valence-electron chi connectivity index (χ1n) is 12.8. The Morgan fingerprint density at radius 3 is 2.32 bits per heavy atom. The number of ketones is 1. The molecule has 1 atom stereocenters. The minimum absolute atomic E-state index is 0.0531. The number of aryl methyl sites for hydroxylation is 1. The van der Waals surface area contributed by atoms with Crippen molar-refractivity contribution in [3.63, 3.8) is 0 Å². The number of carbonyl (C=O) groups excluding carboxylic acids is 4. The van der Waals surface area contributed by atoms with E-state index in [9.17, 15) is 23.6 Å². The van der Waals surface area contributed by atoms with Gasteiger partial charge in [-0.25, -0.2) is 4.39 Å². The molecule has 37 heavy (non-hydrogen) atoms. The highest BCUT2D eigenvalue weighted by molar-refractivity contribution is 6.43. The summed E-state index contributed by atoms with van der Waals surface area (Å²) >= 11 is 0. The van der Waals surface area contributed by atoms with Crippen molar-refractivity contribution in [1.29, 1.82) is 0 Å². The number of nitrogens with zero attached hydrogens (tertiary/aromatic N) is 1. The van der Waals surface area contributed by atoms with Crippen LogP contribution in [0.5, 0.6) is 0 Å². The Balaban J connectivity index is 1.87. The van der Waals surface area contributed by atoms with Gasteiger partial charge in [-0.3, -0.25) is 19.2 Å². The number of carbonyl (C=O) groups is 4. The van der Waals surface area contributed by atoms with Gasteiger partial charge in [0.25, 0.3) is 17.6 Å². The molecule has 200 valence electrons. The van der Waals surface area contributed by atoms with E-state index in [1.807, 2.05) is 13.8 Å². The summed E-state index contributed by atoms with van der Waals surface area (Å²) in [7, 11) is 1.62. The SMILES string of the molecule is CC[C@H](C)NC(=O)C1(NC(=O)C(=O)c2c(C)c(C(=O)Nc3ccc(F)c(C)c3)c(C)n2C)CCCCC1. The largest absolute Gasteiger partial charge is 0.352 e. The summed E-state index contributed by atoms with van der Waals surface area (Å²) < 4.78 is 15.1. The molecule has 1 aliphatic carbocycles. The van der Waals surface area contributed by atoms with E-state index in [-0.39, 0.29) is 29.0 Å². The maximum Gasteiger partial charge on any atom is 0.294 e. The molecule has 1 saturated carbocycles. The van der Waals surface area contributed by atoms with Gasteiger partial charge in [0.1, 0.15) is 11.4 Å². The fourth-order valence-electron chi connectivity index (χ4n) is 4.96. The minimum Gasteiger partial charge on any atom is -0.352 e. The van der Waals surface area contributed by atoms with Gasteiger partial charge in [0.15, 0.2) is 0 Å². The molecule has 1 fully saturated rings. The van der Waals surface area contributed by atoms with Crippen molar-refractivity contribution in [2.75, 3.05) is 5.32 Å². The lowest BCUT2D eigenvalue weighted by Crippen LogP contribution is -2.62. The van der Waals surface area contributed by atoms with Crippen LogP contribution in [0.2, 0.25) is 0 Å². The summed E-state index contributed by atoms with van der Waals surface area (Å²) in [6, 6.07) is 4.20. The van der Waals surface area contributed by atoms with Crippen LogP contribution in [0.3, 0.4) is 0 Å². The minimum atomic E-state index is -1.14. The third-order valence-electron chi connectivity index (χ3n) is 7.48. The third-order valence-corrected chi connectivity index (χ3v) is 7.48. The average molecular weight is 513 g/mol. The van der Waals surface area contributed by atoms with E-state index in [0.29, 0.717) is 35.3 Å². The van der Waals surface area contributed by atoms with Crippen LogP contribution >= 0.6 is 0 Å². The van der Waals surface area contributed by atoms with Crippen LogP contribution in [0, 0.1) is 26.6 Å². The van der Waals surface area contributed by atoms with Crippen LogP contribution in [-0.2, 0) is 16.6 Å². The fourth-order valence-corrected chi connectivity index (χ4v) is 4.96. The summed E-state index contributed by atoms with van der Waals surface area (Å²) in [5, 5.41) is 8.48. The summed E-state index contributed by atoms with van der Waals surface area (Å²) in [4.78, 5) is 52.9. The predicted molar refractivity (Wildman–Crippen MR) is 140 cm³/mol. The number of halogens is 1. The highest BCUT2D eigenvalue weighted by atomic mass is 19.1. The van der Waals surface area contributed by atoms with Gasteiger partial charge in [-0.05, 0) is 76.3 Å². The van der Waals surface area contributed by atoms with Gasteiger partial charge < -0.3 is 20.5 Å². The molecular formula is C28H37FN4O4. The van der Waals surface area contributed by atoms with Crippen molar-refractivity contribution in [3.05, 3.63) is 52.1 Å². The first-order chi connectivity index (χ1) is 17.4. The third kappa shape index (κ3) is 5.76. The van der Waals surface area contributed by atoms with Crippen LogP contribution in [0.4, 0.5) is 10.1 Å². The van der Waals surface area contributed by atoms with Crippen LogP contribution in [0.1, 0.15) is 90.0 Å². The highest BCUT2D eigenvalue weighted by Crippen LogP contribution is 2.30. The Bertz CT molecular complexity index is 1230. The normalized spacial score (nSPS) is 15.5. The zero-order valence-corrected chi connectivity index (χ0v) is 22.5. The summed E-state index contributed by atoms with van der Waals surface area (Å²) in [5.41, 5.74) is 0.893. The molecule has 1 aromatic carbocycles. The molecule has 3 rings (SSSR count). The smallest absolute Gasteiger partial charge is 0.294 e. The zero-order valence-electron chi connectivity index (χ0n) is 22.5. The van der Waals surface area contributed by atoms with Crippen molar-refractivity contribution in [2.45, 2.75) is 84.7 Å². The molecule has 0 bridgehead atoms. The number of aromatic nitrogens is 1. The van der Waals surface area contributed by atoms with Gasteiger partial charge in [0.05, 0.1) is 11.3 Å². The summed E-state index contributed by atoms with van der Waals surface area (Å²) in [5.74, 6) is -2.78. The molecule has 0 unspecified atom stereocenters. The molecule has 2 aromatic rings. The van der Waals surface area contributed by atoms with Crippen LogP contribution < -0.4 is 16.0 Å². The lowest BCUT2D eigenvalue weighted by molar-refractivity contribution is -0.134. The molecule has 9 heteroatoms. The molecule has 0 aliphatic heterocycles. The molecule has 3 N–H and O–H groups in total. The quantitative estimate of drug-likeness (QED) is 0.363. The van der Waals surface area contributed by atoms with Gasteiger partial charge in [0, 0.05) is 24.5 Å². The molecular weight excluding hydrogens is 475 g/mol. The molecule has 0 saturated heterocycles. The molecule has 0 spiro atoms. The number of rotatable bonds is 8. The van der Waals surface area contributed by atoms with E-state index in [4.69, 9.17) is 0 Å². The first-order valence-corrected chi connectivity index (χ1v) is 12.8. The number of hydrogen-bond acceptors (Lipinski definition) is 4. The lowest BCUT2D eigenvalue weighted by atomic mass is 9.80. The Morgan fingerprint density at radius 1 is 1.08 bits per heavy atom. The number of anilines is 1. The van der Waals surface area contributed by atoms with E-state index in [1.165, 1.54) is 22.8 Å². The molecule has 1 aliphatic rings. The second-order valence-electron chi connectivity index (χ2n) is 10.1. The maximum atomic E-state index is 13.6. The lowest BCUT2D eigenvalue weighted by Gasteiger charge is -2.37. The Hall–Kier alpha value is -3.49. The van der Waals surface area contributed by atoms with E-state index in [0.717, 1.165) is 25.7 Å². The monoisotopic (exact) mass is 512 g/mol. The number of amides is 3. The molecule has 8 nitrogen and oxygen atoms in total. The molecule has 3 amide bonds. The molecule has 0 radical (unpaired) electrons. The number of hydrogen-bond donors (Lipinski definition) is 3. The average Bonchev–Trinajstić information content (AvgIpc) is 3.08. The van der Waals surface area contributed by atoms with Gasteiger partial charge >= 0.3 is 0 Å². The Kier molecular flexibility index (Phi) is 8.56. The van der Waals surface area contributed by atoms with E-state index < -0.39 is 23.1 Å². The molecule has 1 aromatic heterocycles. The summed E-state index contributed by atoms with van der Waals surface area (Å²) in [6.07, 6.45) is 4.19. The van der Waals surface area contributed by atoms with Crippen molar-refractivity contribution in [1.82, 2.24) is 15.2 Å². The summed E-state index contributed by atoms with van der Waals surface area (Å²) in [6.45, 7) is 8.77. The van der Waals surface area contributed by atoms with E-state index >= 15 is 0 Å². The zero-order chi connectivity index (χ0) is 27.5. The van der Waals surface area contributed by atoms with Crippen LogP contribution in [0.25, 0.3) is 0 Å². The topological polar surface area (TPSA) is 109 Å². The standard InChI is InChI=1S/C28H37FN4O4/c1-7-17(3)30-27(37)28(13-9-8-10-14-28)32-26(36)24(34)23-18(4)22(19(5)33(23)6)25(35)31-20-11-12-21(29)16(2)15-20/h11-12,15,17H,7-10,13-14H2,1-6H3,(H,30,37)(H,31,35)(H,32,36)/t17-/m0/s1. The fraction of sp³-hybridized carbons (Fsp3) is 0.500. The van der Waals surface area contributed by atoms with Crippen molar-refractivity contribution >= 4 is 29.2 Å². The number of benzene rings is 1. The van der Waals surface area contributed by atoms with Gasteiger partial charge in [-0.15, -0.1) is 0 Å². The number of Topliss-reactive ketones (excluding diaryl/α,β-unsaturated/α-hetero) is 1. The second kappa shape index (κ2) is 11.3. The van der Waals surface area contributed by atoms with Crippen LogP contribution in [0.15, 0.2) is 18.2 Å². The van der Waals surface area contributed by atoms with Crippen LogP contribution in [-0.4, -0.2) is 39.7 Å².